The average Bonchev–Trinajstić information content (AvgIpc) is 3.34. The minimum atomic E-state index is 1.24. The van der Waals surface area contributed by atoms with Crippen LogP contribution in [0.3, 0.4) is 0 Å². The third kappa shape index (κ3) is 4.67. The molecule has 0 atom stereocenters. The summed E-state index contributed by atoms with van der Waals surface area (Å²) in [4.78, 5) is 0. The summed E-state index contributed by atoms with van der Waals surface area (Å²) in [6.45, 7) is 0. The minimum absolute atomic E-state index is 1.24. The van der Waals surface area contributed by atoms with Gasteiger partial charge in [-0.2, -0.15) is 0 Å². The maximum absolute atomic E-state index is 2.51. The molecule has 0 fully saturated rings. The maximum atomic E-state index is 2.51. The SMILES string of the molecule is c1ccc2cc(-c3cc4c5ccccc5c(-c5c6ccccc6c(-c6ccc7ccc8cccc9ccc6c7c89)c6c5ccc5ccccc56)cc4c4ccccc34)ccc2c1. The molecule has 0 heterocycles. The molecular formula is C62H36. The molecule has 0 amide bonds. The lowest BCUT2D eigenvalue weighted by Crippen LogP contribution is -1.95. The molecule has 14 rings (SSSR count). The van der Waals surface area contributed by atoms with Gasteiger partial charge in [0.1, 0.15) is 0 Å². The molecule has 0 saturated carbocycles. The van der Waals surface area contributed by atoms with Crippen LogP contribution in [0.15, 0.2) is 218 Å². The highest BCUT2D eigenvalue weighted by Gasteiger charge is 2.23. The fraction of sp³-hybridized carbons (Fsp3) is 0. The van der Waals surface area contributed by atoms with Crippen LogP contribution in [0.1, 0.15) is 0 Å². The second-order valence-corrected chi connectivity index (χ2v) is 17.1. The number of benzene rings is 14. The van der Waals surface area contributed by atoms with Crippen molar-refractivity contribution in [3.8, 4) is 33.4 Å². The predicted octanol–water partition coefficient (Wildman–Crippen LogP) is 17.7. The van der Waals surface area contributed by atoms with E-state index >= 15 is 0 Å². The molecule has 14 aromatic carbocycles. The molecule has 0 aliphatic carbocycles. The van der Waals surface area contributed by atoms with E-state index in [-0.39, 0.29) is 0 Å². The Morgan fingerprint density at radius 3 is 1.40 bits per heavy atom. The fourth-order valence-electron chi connectivity index (χ4n) is 11.2. The van der Waals surface area contributed by atoms with Gasteiger partial charge in [-0.1, -0.05) is 200 Å². The Morgan fingerprint density at radius 1 is 0.177 bits per heavy atom. The topological polar surface area (TPSA) is 0 Å². The maximum Gasteiger partial charge on any atom is -0.00139 e. The Labute approximate surface area is 357 Å². The Bertz CT molecular complexity index is 4190. The van der Waals surface area contributed by atoms with Crippen LogP contribution in [-0.4, -0.2) is 0 Å². The van der Waals surface area contributed by atoms with Crippen LogP contribution in [0, 0.1) is 0 Å². The summed E-state index contributed by atoms with van der Waals surface area (Å²) in [5.41, 5.74) is 7.61. The standard InChI is InChI=1S/C62H36/c1-2-14-42-34-43(27-24-37(42)12-1)54-35-55-47-20-7-8-21-48(47)57(36-56(55)46-19-6-5-18-45(46)54)60-49-22-9-10-23-50(49)62(61-44-17-4-3-13-38(44)28-33-53(60)61)52-32-30-41-26-25-39-15-11-16-40-29-31-51(52)59(41)58(39)40/h1-36H. The largest absolute Gasteiger partial charge is 0.0616 e. The lowest BCUT2D eigenvalue weighted by Gasteiger charge is -2.22. The van der Waals surface area contributed by atoms with Gasteiger partial charge in [-0.15, -0.1) is 0 Å². The molecule has 0 spiro atoms. The van der Waals surface area contributed by atoms with Crippen molar-refractivity contribution in [3.63, 3.8) is 0 Å². The Kier molecular flexibility index (Phi) is 6.92. The molecule has 0 unspecified atom stereocenters. The van der Waals surface area contributed by atoms with E-state index in [0.29, 0.717) is 0 Å². The van der Waals surface area contributed by atoms with Gasteiger partial charge in [0.25, 0.3) is 0 Å². The van der Waals surface area contributed by atoms with Crippen LogP contribution in [-0.2, 0) is 0 Å². The van der Waals surface area contributed by atoms with E-state index in [1.54, 1.807) is 0 Å². The quantitative estimate of drug-likeness (QED) is 0.124. The van der Waals surface area contributed by atoms with Crippen LogP contribution in [0.4, 0.5) is 0 Å². The molecule has 0 aliphatic rings. The van der Waals surface area contributed by atoms with Gasteiger partial charge >= 0.3 is 0 Å². The van der Waals surface area contributed by atoms with Crippen LogP contribution in [0.2, 0.25) is 0 Å². The summed E-state index contributed by atoms with van der Waals surface area (Å²) in [6.07, 6.45) is 0. The van der Waals surface area contributed by atoms with Crippen LogP contribution in [0.5, 0.6) is 0 Å². The van der Waals surface area contributed by atoms with Crippen molar-refractivity contribution < 1.29 is 0 Å². The number of hydrogen-bond donors (Lipinski definition) is 0. The monoisotopic (exact) mass is 780 g/mol. The summed E-state index contributed by atoms with van der Waals surface area (Å²) in [7, 11) is 0. The zero-order valence-electron chi connectivity index (χ0n) is 33.8. The second-order valence-electron chi connectivity index (χ2n) is 17.1. The Morgan fingerprint density at radius 2 is 0.661 bits per heavy atom. The smallest absolute Gasteiger partial charge is 0.00139 e. The van der Waals surface area contributed by atoms with Crippen LogP contribution in [0.25, 0.3) is 141 Å². The van der Waals surface area contributed by atoms with Crippen LogP contribution >= 0.6 is 0 Å². The Balaban J connectivity index is 1.13. The minimum Gasteiger partial charge on any atom is -0.0616 e. The predicted molar refractivity (Wildman–Crippen MR) is 269 cm³/mol. The molecule has 0 radical (unpaired) electrons. The molecule has 14 aromatic rings. The summed E-state index contributed by atoms with van der Waals surface area (Å²) in [6, 6.07) is 82.2. The van der Waals surface area contributed by atoms with Gasteiger partial charge in [0, 0.05) is 0 Å². The zero-order valence-corrected chi connectivity index (χ0v) is 33.8. The first-order valence-corrected chi connectivity index (χ1v) is 21.7. The van der Waals surface area contributed by atoms with E-state index in [4.69, 9.17) is 0 Å². The summed E-state index contributed by atoms with van der Waals surface area (Å²) >= 11 is 0. The van der Waals surface area contributed by atoms with Crippen molar-refractivity contribution in [1.82, 2.24) is 0 Å². The van der Waals surface area contributed by atoms with Gasteiger partial charge in [-0.05, 0) is 159 Å². The molecule has 284 valence electrons. The number of hydrogen-bond acceptors (Lipinski definition) is 0. The third-order valence-electron chi connectivity index (χ3n) is 13.9. The fourth-order valence-corrected chi connectivity index (χ4v) is 11.2. The molecule has 0 heteroatoms. The molecule has 0 nitrogen and oxygen atoms in total. The van der Waals surface area contributed by atoms with Crippen molar-refractivity contribution in [2.75, 3.05) is 0 Å². The van der Waals surface area contributed by atoms with Gasteiger partial charge in [0.05, 0.1) is 0 Å². The van der Waals surface area contributed by atoms with E-state index in [0.717, 1.165) is 0 Å². The van der Waals surface area contributed by atoms with E-state index in [1.807, 2.05) is 0 Å². The van der Waals surface area contributed by atoms with Crippen LogP contribution < -0.4 is 0 Å². The molecular weight excluding hydrogens is 745 g/mol. The van der Waals surface area contributed by atoms with E-state index in [1.165, 1.54) is 141 Å². The normalized spacial score (nSPS) is 12.2. The molecule has 0 aliphatic heterocycles. The lowest BCUT2D eigenvalue weighted by molar-refractivity contribution is 1.69. The first-order chi connectivity index (χ1) is 30.8. The first-order valence-electron chi connectivity index (χ1n) is 21.7. The molecule has 0 saturated heterocycles. The lowest BCUT2D eigenvalue weighted by atomic mass is 9.80. The van der Waals surface area contributed by atoms with E-state index in [9.17, 15) is 0 Å². The zero-order chi connectivity index (χ0) is 40.5. The first kappa shape index (κ1) is 33.7. The molecule has 62 heavy (non-hydrogen) atoms. The highest BCUT2D eigenvalue weighted by Crippen LogP contribution is 2.51. The highest BCUT2D eigenvalue weighted by atomic mass is 14.3. The van der Waals surface area contributed by atoms with E-state index < -0.39 is 0 Å². The van der Waals surface area contributed by atoms with Crippen molar-refractivity contribution in [2.24, 2.45) is 0 Å². The van der Waals surface area contributed by atoms with Gasteiger partial charge in [-0.3, -0.25) is 0 Å². The summed E-state index contributed by atoms with van der Waals surface area (Å²) in [5.74, 6) is 0. The molecule has 0 N–H and O–H groups in total. The Hall–Kier alpha value is -8.06. The molecule has 0 aromatic heterocycles. The number of rotatable bonds is 3. The number of fused-ring (bicyclic) bond motifs is 10. The summed E-state index contributed by atoms with van der Waals surface area (Å²) < 4.78 is 0. The third-order valence-corrected chi connectivity index (χ3v) is 13.9. The van der Waals surface area contributed by atoms with Gasteiger partial charge in [0.15, 0.2) is 0 Å². The van der Waals surface area contributed by atoms with Crippen molar-refractivity contribution in [1.29, 1.82) is 0 Å². The second kappa shape index (κ2) is 12.7. The highest BCUT2D eigenvalue weighted by molar-refractivity contribution is 6.34. The van der Waals surface area contributed by atoms with Crippen molar-refractivity contribution in [2.45, 2.75) is 0 Å². The average molecular weight is 781 g/mol. The van der Waals surface area contributed by atoms with Crippen molar-refractivity contribution >= 4 is 108 Å². The summed E-state index contributed by atoms with van der Waals surface area (Å²) in [5, 5.41) is 25.6. The van der Waals surface area contributed by atoms with Gasteiger partial charge < -0.3 is 0 Å². The van der Waals surface area contributed by atoms with Gasteiger partial charge in [0.2, 0.25) is 0 Å². The van der Waals surface area contributed by atoms with E-state index in [2.05, 4.69) is 218 Å². The van der Waals surface area contributed by atoms with Gasteiger partial charge in [-0.25, -0.2) is 0 Å². The van der Waals surface area contributed by atoms with Crippen molar-refractivity contribution in [3.05, 3.63) is 218 Å². The molecule has 0 bridgehead atoms.